The molecule has 0 aromatic carbocycles. The Labute approximate surface area is 672 Å². The zero-order valence-corrected chi connectivity index (χ0v) is 67.7. The number of amides is 2. The number of allylic oxidation sites excluding steroid dienone is 1. The number of carbonyl (C=O) groups excluding carboxylic acids is 2. The number of aliphatic hydroxyl groups is 18. The summed E-state index contributed by atoms with van der Waals surface area (Å²) in [6, 6.07) is -2.90. The normalized spacial score (nSPS) is 36.8. The van der Waals surface area contributed by atoms with Gasteiger partial charge < -0.3 is 159 Å². The molecule has 6 saturated heterocycles. The quantitative estimate of drug-likeness (QED) is 0.0296. The van der Waals surface area contributed by atoms with Gasteiger partial charge in [0, 0.05) is 13.3 Å². The summed E-state index contributed by atoms with van der Waals surface area (Å²) in [5.41, 5.74) is 0. The molecular weight excluding hydrogens is 1500 g/mol. The Morgan fingerprint density at radius 1 is 0.360 bits per heavy atom. The van der Waals surface area contributed by atoms with Gasteiger partial charge in [-0.1, -0.05) is 219 Å². The molecule has 0 bridgehead atoms. The van der Waals surface area contributed by atoms with E-state index in [1.807, 2.05) is 6.08 Å². The molecule has 0 aliphatic carbocycles. The molecule has 0 radical (unpaired) electrons. The molecule has 20 N–H and O–H groups in total. The summed E-state index contributed by atoms with van der Waals surface area (Å²) in [7, 11) is 0. The lowest BCUT2D eigenvalue weighted by Gasteiger charge is -2.51. The summed E-state index contributed by atoms with van der Waals surface area (Å²) in [5, 5.41) is 206. The number of aliphatic hydroxyl groups excluding tert-OH is 18. The van der Waals surface area contributed by atoms with E-state index in [0.29, 0.717) is 12.8 Å². The maximum Gasteiger partial charge on any atom is 0.220 e. The van der Waals surface area contributed by atoms with E-state index >= 15 is 0 Å². The Morgan fingerprint density at radius 2 is 0.711 bits per heavy atom. The predicted octanol–water partition coefficient (Wildman–Crippen LogP) is 0.800. The fraction of sp³-hybridized carbons (Fsp3) is 0.950. The SMILES string of the molecule is CCCCCCCCCCCCC/C=C/[C@@H](O)[C@H](CO[C@@H]1OC(CO)[C@@H](O[C@@H]2OC(CO)[C@H](O)[C@H](O[C@H]3OC(CO)[C@H](O)[C@H](O[C@@H]4OC(CO)[C@H](O)[C@H](O[C@@H]5OC(CO)[C@H](O)[C@H](O)C5O[C@H]5OC(C)[C@@H](O)C(O)[C@@H]5O)C4NC(C)=O)C3O)C2O)[C@H](O)C1O)NC(=O)CCCCCCCCCCCCCCCCCCCCCCC. The van der Waals surface area contributed by atoms with Gasteiger partial charge in [-0.2, -0.15) is 0 Å². The van der Waals surface area contributed by atoms with Crippen molar-refractivity contribution in [1.29, 1.82) is 0 Å². The van der Waals surface area contributed by atoms with Crippen LogP contribution < -0.4 is 10.6 Å². The van der Waals surface area contributed by atoms with E-state index in [9.17, 15) is 102 Å². The summed E-state index contributed by atoms with van der Waals surface area (Å²) in [5.74, 6) is -1.22. The minimum absolute atomic E-state index is 0.178. The second kappa shape index (κ2) is 54.8. The van der Waals surface area contributed by atoms with Gasteiger partial charge in [0.05, 0.1) is 57.9 Å². The second-order valence-corrected chi connectivity index (χ2v) is 32.0. The van der Waals surface area contributed by atoms with Crippen LogP contribution in [-0.2, 0) is 66.4 Å². The third kappa shape index (κ3) is 31.4. The van der Waals surface area contributed by atoms with Gasteiger partial charge in [0.15, 0.2) is 37.7 Å². The molecule has 0 aromatic rings. The lowest BCUT2D eigenvalue weighted by atomic mass is 9.94. The fourth-order valence-electron chi connectivity index (χ4n) is 15.7. The molecule has 2 amide bonds. The smallest absolute Gasteiger partial charge is 0.220 e. The van der Waals surface area contributed by atoms with Crippen molar-refractivity contribution in [3.63, 3.8) is 0 Å². The largest absolute Gasteiger partial charge is 0.394 e. The summed E-state index contributed by atoms with van der Waals surface area (Å²) in [6.07, 6.45) is -13.9. The molecule has 32 atom stereocenters. The summed E-state index contributed by atoms with van der Waals surface area (Å²) >= 11 is 0. The van der Waals surface area contributed by atoms with Crippen LogP contribution in [-0.4, -0.2) is 340 Å². The highest BCUT2D eigenvalue weighted by Crippen LogP contribution is 2.38. The lowest BCUT2D eigenvalue weighted by Crippen LogP contribution is -2.70. The number of hydrogen-bond acceptors (Lipinski definition) is 32. The van der Waals surface area contributed by atoms with Gasteiger partial charge >= 0.3 is 0 Å². The van der Waals surface area contributed by atoms with Crippen molar-refractivity contribution >= 4 is 11.8 Å². The first kappa shape index (κ1) is 100. The lowest BCUT2D eigenvalue weighted by molar-refractivity contribution is -0.394. The first-order valence-corrected chi connectivity index (χ1v) is 42.8. The van der Waals surface area contributed by atoms with Gasteiger partial charge in [0.25, 0.3) is 0 Å². The number of hydrogen-bond donors (Lipinski definition) is 20. The molecule has 6 rings (SSSR count). The van der Waals surface area contributed by atoms with E-state index in [2.05, 4.69) is 24.5 Å². The molecule has 6 fully saturated rings. The molecular formula is C80H146N2O32. The minimum atomic E-state index is -2.29. The maximum absolute atomic E-state index is 13.6. The molecule has 0 spiro atoms. The van der Waals surface area contributed by atoms with Crippen LogP contribution in [0.2, 0.25) is 0 Å². The summed E-state index contributed by atoms with van der Waals surface area (Å²) < 4.78 is 70.9. The Morgan fingerprint density at radius 3 is 1.17 bits per heavy atom. The summed E-state index contributed by atoms with van der Waals surface area (Å²) in [4.78, 5) is 26.6. The van der Waals surface area contributed by atoms with Crippen molar-refractivity contribution in [3.8, 4) is 0 Å². The van der Waals surface area contributed by atoms with Gasteiger partial charge in [-0.05, 0) is 26.2 Å². The van der Waals surface area contributed by atoms with Crippen LogP contribution in [0, 0.1) is 0 Å². The topological polar surface area (TPSA) is 533 Å². The first-order valence-electron chi connectivity index (χ1n) is 42.8. The van der Waals surface area contributed by atoms with Crippen LogP contribution in [0.5, 0.6) is 0 Å². The molecule has 6 aliphatic heterocycles. The molecule has 668 valence electrons. The Kier molecular flexibility index (Phi) is 48.2. The van der Waals surface area contributed by atoms with Gasteiger partial charge in [-0.3, -0.25) is 9.59 Å². The molecule has 6 aliphatic rings. The monoisotopic (exact) mass is 1650 g/mol. The second-order valence-electron chi connectivity index (χ2n) is 32.0. The third-order valence-corrected chi connectivity index (χ3v) is 22.8. The van der Waals surface area contributed by atoms with E-state index in [1.165, 1.54) is 155 Å². The van der Waals surface area contributed by atoms with E-state index < -0.39 is 242 Å². The van der Waals surface area contributed by atoms with Crippen molar-refractivity contribution < 1.29 is 158 Å². The van der Waals surface area contributed by atoms with Crippen molar-refractivity contribution in [2.45, 2.75) is 442 Å². The van der Waals surface area contributed by atoms with E-state index in [4.69, 9.17) is 56.8 Å². The van der Waals surface area contributed by atoms with Gasteiger partial charge in [-0.25, -0.2) is 0 Å². The van der Waals surface area contributed by atoms with Gasteiger partial charge in [0.2, 0.25) is 11.8 Å². The maximum atomic E-state index is 13.6. The number of ether oxygens (including phenoxy) is 12. The molecule has 12 unspecified atom stereocenters. The highest BCUT2D eigenvalue weighted by molar-refractivity contribution is 5.76. The third-order valence-electron chi connectivity index (χ3n) is 22.8. The highest BCUT2D eigenvalue weighted by atomic mass is 16.8. The van der Waals surface area contributed by atoms with Gasteiger partial charge in [-0.15, -0.1) is 0 Å². The van der Waals surface area contributed by atoms with Crippen molar-refractivity contribution in [3.05, 3.63) is 12.2 Å². The average Bonchev–Trinajstić information content (AvgIpc) is 0.769. The Hall–Kier alpha value is -2.52. The van der Waals surface area contributed by atoms with Crippen molar-refractivity contribution in [2.24, 2.45) is 0 Å². The standard InChI is InChI=1S/C80H146N2O32/c1-5-7-9-11-13-15-17-19-20-21-22-23-24-25-26-28-30-32-34-36-38-40-56(90)82-49(50(89)39-37-35-33-31-29-27-18-16-14-12-10-8-6-2)46-103-76-67(100)65(98)70(55(45-87)109-76)110-78-69(102)73(62(95)54(44-86)106-78)113-79-68(101)72(61(94)53(43-85)107-79)112-75-57(81-48(4)88)71(60(93)52(42-84)105-75)111-80-74(64(97)59(92)51(41-83)108-80)114-77-66(99)63(96)58(91)47(3)104-77/h37,39,47,49-55,57-80,83-87,89,91-102H,5-36,38,40-46H2,1-4H3,(H,81,88)(H,82,90)/b39-37+/t47?,49-,50+,51?,52?,53?,54?,55?,57?,58+,59-,60-,61-,62-,63?,64-,65+,66-,67?,68?,69?,70+,71+,72-,73-,74?,75-,76+,77+,78-,79+,80-/m0/s1. The van der Waals surface area contributed by atoms with Gasteiger partial charge in [0.1, 0.15) is 140 Å². The van der Waals surface area contributed by atoms with Crippen LogP contribution in [0.4, 0.5) is 0 Å². The van der Waals surface area contributed by atoms with Crippen LogP contribution in [0.25, 0.3) is 0 Å². The minimum Gasteiger partial charge on any atom is -0.394 e. The van der Waals surface area contributed by atoms with Crippen LogP contribution in [0.15, 0.2) is 12.2 Å². The predicted molar refractivity (Wildman–Crippen MR) is 408 cm³/mol. The molecule has 0 aromatic heterocycles. The number of carbonyl (C=O) groups is 2. The molecule has 6 heterocycles. The van der Waals surface area contributed by atoms with E-state index in [-0.39, 0.29) is 12.3 Å². The average molecular weight is 1650 g/mol. The molecule has 0 saturated carbocycles. The van der Waals surface area contributed by atoms with E-state index in [1.54, 1.807) is 6.08 Å². The van der Waals surface area contributed by atoms with Crippen molar-refractivity contribution in [2.75, 3.05) is 39.6 Å². The molecule has 114 heavy (non-hydrogen) atoms. The van der Waals surface area contributed by atoms with Crippen LogP contribution >= 0.6 is 0 Å². The van der Waals surface area contributed by atoms with E-state index in [0.717, 1.165) is 58.3 Å². The number of unbranched alkanes of at least 4 members (excludes halogenated alkanes) is 31. The zero-order valence-electron chi connectivity index (χ0n) is 67.7. The fourth-order valence-corrected chi connectivity index (χ4v) is 15.7. The van der Waals surface area contributed by atoms with Crippen molar-refractivity contribution in [1.82, 2.24) is 10.6 Å². The van der Waals surface area contributed by atoms with Crippen LogP contribution in [0.3, 0.4) is 0 Å². The Bertz CT molecular complexity index is 2560. The summed E-state index contributed by atoms with van der Waals surface area (Å²) in [6.45, 7) is 1.33. The van der Waals surface area contributed by atoms with Crippen LogP contribution in [0.1, 0.15) is 246 Å². The highest BCUT2D eigenvalue weighted by Gasteiger charge is 2.59. The Balaban J connectivity index is 1.07. The number of nitrogens with one attached hydrogen (secondary N) is 2. The number of rotatable bonds is 56. The first-order chi connectivity index (χ1) is 54.9. The molecule has 34 nitrogen and oxygen atoms in total. The zero-order chi connectivity index (χ0) is 83.2. The molecule has 34 heteroatoms.